The number of carbonyl (C=O) groups is 2. The first-order chi connectivity index (χ1) is 13.3. The summed E-state index contributed by atoms with van der Waals surface area (Å²) in [5.41, 5.74) is 2.13. The van der Waals surface area contributed by atoms with Crippen LogP contribution in [-0.4, -0.2) is 33.6 Å². The van der Waals surface area contributed by atoms with Crippen LogP contribution in [0.25, 0.3) is 5.82 Å². The minimum atomic E-state index is -0.460. The Morgan fingerprint density at radius 3 is 2.54 bits per heavy atom. The minimum Gasteiger partial charge on any atom is -0.355 e. The van der Waals surface area contributed by atoms with Crippen LogP contribution in [0.15, 0.2) is 36.5 Å². The van der Waals surface area contributed by atoms with E-state index in [4.69, 9.17) is 23.2 Å². The Morgan fingerprint density at radius 2 is 1.86 bits per heavy atom. The Labute approximate surface area is 171 Å². The van der Waals surface area contributed by atoms with Crippen molar-refractivity contribution in [3.05, 3.63) is 69.1 Å². The number of pyridine rings is 1. The molecular weight excluding hydrogens is 401 g/mol. The molecule has 7 nitrogen and oxygen atoms in total. The lowest BCUT2D eigenvalue weighted by atomic mass is 10.1. The second-order valence-corrected chi connectivity index (χ2v) is 6.91. The van der Waals surface area contributed by atoms with E-state index >= 15 is 0 Å². The lowest BCUT2D eigenvalue weighted by molar-refractivity contribution is 0.0964. The van der Waals surface area contributed by atoms with Crippen LogP contribution in [0.4, 0.5) is 5.69 Å². The van der Waals surface area contributed by atoms with E-state index in [2.05, 4.69) is 20.7 Å². The monoisotopic (exact) mass is 417 g/mol. The summed E-state index contributed by atoms with van der Waals surface area (Å²) in [6.45, 7) is 3.51. The van der Waals surface area contributed by atoms with Crippen molar-refractivity contribution in [2.45, 2.75) is 13.8 Å². The van der Waals surface area contributed by atoms with Crippen molar-refractivity contribution in [1.29, 1.82) is 0 Å². The molecule has 0 fully saturated rings. The molecule has 3 rings (SSSR count). The van der Waals surface area contributed by atoms with Gasteiger partial charge in [-0.2, -0.15) is 5.10 Å². The van der Waals surface area contributed by atoms with Gasteiger partial charge in [0.15, 0.2) is 5.82 Å². The van der Waals surface area contributed by atoms with Gasteiger partial charge in [-0.15, -0.1) is 0 Å². The third-order valence-corrected chi connectivity index (χ3v) is 4.53. The molecule has 0 aliphatic heterocycles. The second-order valence-electron chi connectivity index (χ2n) is 6.07. The highest BCUT2D eigenvalue weighted by atomic mass is 35.5. The lowest BCUT2D eigenvalue weighted by Gasteiger charge is -2.14. The highest BCUT2D eigenvalue weighted by Gasteiger charge is 2.21. The number of nitrogens with zero attached hydrogens (tertiary/aromatic N) is 3. The molecule has 0 aliphatic rings. The van der Waals surface area contributed by atoms with Gasteiger partial charge in [0, 0.05) is 18.3 Å². The molecule has 0 radical (unpaired) electrons. The maximum atomic E-state index is 13.0. The van der Waals surface area contributed by atoms with Gasteiger partial charge >= 0.3 is 0 Å². The number of carbonyl (C=O) groups excluding carboxylic acids is 2. The van der Waals surface area contributed by atoms with Crippen LogP contribution in [0.3, 0.4) is 0 Å². The summed E-state index contributed by atoms with van der Waals surface area (Å²) in [5, 5.41) is 10.4. The zero-order valence-electron chi connectivity index (χ0n) is 15.4. The SMILES string of the molecule is CNC(=O)c1cc(Cl)cc(C)c1NC(=O)c1cc(C)nn1-c1ncccc1Cl. The largest absolute Gasteiger partial charge is 0.355 e. The maximum Gasteiger partial charge on any atom is 0.274 e. The zero-order chi connectivity index (χ0) is 20.4. The number of halogens is 2. The molecular formula is C19H17Cl2N5O2. The highest BCUT2D eigenvalue weighted by molar-refractivity contribution is 6.32. The molecule has 0 unspecified atom stereocenters. The van der Waals surface area contributed by atoms with Crippen molar-refractivity contribution < 1.29 is 9.59 Å². The predicted molar refractivity (Wildman–Crippen MR) is 109 cm³/mol. The summed E-state index contributed by atoms with van der Waals surface area (Å²) in [7, 11) is 1.51. The molecule has 2 heterocycles. The molecule has 3 aromatic rings. The number of hydrogen-bond donors (Lipinski definition) is 2. The van der Waals surface area contributed by atoms with Crippen molar-refractivity contribution in [1.82, 2.24) is 20.1 Å². The van der Waals surface area contributed by atoms with Gasteiger partial charge in [-0.3, -0.25) is 9.59 Å². The van der Waals surface area contributed by atoms with Gasteiger partial charge < -0.3 is 10.6 Å². The van der Waals surface area contributed by atoms with Crippen LogP contribution in [-0.2, 0) is 0 Å². The summed E-state index contributed by atoms with van der Waals surface area (Å²) in [6.07, 6.45) is 1.56. The van der Waals surface area contributed by atoms with Crippen LogP contribution in [0, 0.1) is 13.8 Å². The predicted octanol–water partition coefficient (Wildman–Crippen LogP) is 3.80. The third-order valence-electron chi connectivity index (χ3n) is 4.01. The molecule has 1 aromatic carbocycles. The van der Waals surface area contributed by atoms with Gasteiger partial charge in [-0.1, -0.05) is 23.2 Å². The normalized spacial score (nSPS) is 10.6. The Balaban J connectivity index is 2.05. The van der Waals surface area contributed by atoms with Crippen LogP contribution in [0.5, 0.6) is 0 Å². The molecule has 0 saturated carbocycles. The quantitative estimate of drug-likeness (QED) is 0.675. The van der Waals surface area contributed by atoms with Crippen LogP contribution in [0.2, 0.25) is 10.0 Å². The Bertz CT molecular complexity index is 1080. The maximum absolute atomic E-state index is 13.0. The topological polar surface area (TPSA) is 88.9 Å². The fourth-order valence-electron chi connectivity index (χ4n) is 2.76. The molecule has 9 heteroatoms. The summed E-state index contributed by atoms with van der Waals surface area (Å²) < 4.78 is 1.37. The first kappa shape index (κ1) is 19.9. The molecule has 0 spiro atoms. The fourth-order valence-corrected chi connectivity index (χ4v) is 3.23. The summed E-state index contributed by atoms with van der Waals surface area (Å²) in [4.78, 5) is 29.5. The van der Waals surface area contributed by atoms with Gasteiger partial charge in [0.25, 0.3) is 11.8 Å². The summed E-state index contributed by atoms with van der Waals surface area (Å²) in [5.74, 6) is -0.488. The van der Waals surface area contributed by atoms with Crippen molar-refractivity contribution in [2.75, 3.05) is 12.4 Å². The number of aromatic nitrogens is 3. The van der Waals surface area contributed by atoms with Crippen molar-refractivity contribution >= 4 is 40.7 Å². The van der Waals surface area contributed by atoms with E-state index in [1.807, 2.05) is 0 Å². The standard InChI is InChI=1S/C19H17Cl2N5O2/c1-10-7-12(20)9-13(18(27)22-3)16(10)24-19(28)15-8-11(2)25-26(15)17-14(21)5-4-6-23-17/h4-9H,1-3H3,(H,22,27)(H,24,28). The van der Waals surface area contributed by atoms with E-state index in [-0.39, 0.29) is 17.2 Å². The first-order valence-electron chi connectivity index (χ1n) is 8.33. The summed E-state index contributed by atoms with van der Waals surface area (Å²) >= 11 is 12.3. The summed E-state index contributed by atoms with van der Waals surface area (Å²) in [6, 6.07) is 8.14. The molecule has 0 bridgehead atoms. The number of amides is 2. The number of anilines is 1. The molecule has 2 aromatic heterocycles. The molecule has 0 saturated heterocycles. The Kier molecular flexibility index (Phi) is 5.67. The fraction of sp³-hybridized carbons (Fsp3) is 0.158. The van der Waals surface area contributed by atoms with Crippen LogP contribution in [0.1, 0.15) is 32.1 Å². The number of rotatable bonds is 4. The van der Waals surface area contributed by atoms with Crippen molar-refractivity contribution in [3.8, 4) is 5.82 Å². The van der Waals surface area contributed by atoms with E-state index in [1.165, 1.54) is 17.8 Å². The second kappa shape index (κ2) is 8.00. The first-order valence-corrected chi connectivity index (χ1v) is 9.08. The van der Waals surface area contributed by atoms with Gasteiger partial charge in [-0.25, -0.2) is 9.67 Å². The Hall–Kier alpha value is -2.90. The van der Waals surface area contributed by atoms with Gasteiger partial charge in [-0.05, 0) is 49.7 Å². The third kappa shape index (κ3) is 3.85. The van der Waals surface area contributed by atoms with Crippen LogP contribution >= 0.6 is 23.2 Å². The molecule has 2 N–H and O–H groups in total. The Morgan fingerprint density at radius 1 is 1.11 bits per heavy atom. The van der Waals surface area contributed by atoms with Crippen LogP contribution < -0.4 is 10.6 Å². The molecule has 144 valence electrons. The van der Waals surface area contributed by atoms with Gasteiger partial charge in [0.1, 0.15) is 5.69 Å². The molecule has 28 heavy (non-hydrogen) atoms. The van der Waals surface area contributed by atoms with E-state index in [1.54, 1.807) is 44.3 Å². The van der Waals surface area contributed by atoms with Crippen molar-refractivity contribution in [2.24, 2.45) is 0 Å². The number of hydrogen-bond acceptors (Lipinski definition) is 4. The zero-order valence-corrected chi connectivity index (χ0v) is 16.9. The average Bonchev–Trinajstić information content (AvgIpc) is 3.05. The van der Waals surface area contributed by atoms with Gasteiger partial charge in [0.2, 0.25) is 0 Å². The van der Waals surface area contributed by atoms with E-state index in [0.29, 0.717) is 32.8 Å². The molecule has 0 aliphatic carbocycles. The van der Waals surface area contributed by atoms with Crippen molar-refractivity contribution in [3.63, 3.8) is 0 Å². The number of benzene rings is 1. The average molecular weight is 418 g/mol. The van der Waals surface area contributed by atoms with E-state index in [0.717, 1.165) is 0 Å². The molecule has 2 amide bonds. The van der Waals surface area contributed by atoms with E-state index < -0.39 is 5.91 Å². The van der Waals surface area contributed by atoms with Gasteiger partial charge in [0.05, 0.1) is 22.0 Å². The smallest absolute Gasteiger partial charge is 0.274 e. The number of nitrogens with one attached hydrogen (secondary N) is 2. The number of aryl methyl sites for hydroxylation is 2. The lowest BCUT2D eigenvalue weighted by Crippen LogP contribution is -2.23. The minimum absolute atomic E-state index is 0.232. The molecule has 0 atom stereocenters. The van der Waals surface area contributed by atoms with E-state index in [9.17, 15) is 9.59 Å². The highest BCUT2D eigenvalue weighted by Crippen LogP contribution is 2.27.